The number of rotatable bonds is 9. The molecule has 26 heavy (non-hydrogen) atoms. The van der Waals surface area contributed by atoms with Gasteiger partial charge in [-0.1, -0.05) is 38.3 Å². The number of benzene rings is 1. The fourth-order valence-corrected chi connectivity index (χ4v) is 3.89. The molecule has 1 aromatic carbocycles. The van der Waals surface area contributed by atoms with E-state index < -0.39 is 10.0 Å². The molecule has 0 saturated carbocycles. The number of unbranched alkanes of at least 4 members (excludes halogenated alkanes) is 2. The lowest BCUT2D eigenvalue weighted by Gasteiger charge is -2.22. The summed E-state index contributed by atoms with van der Waals surface area (Å²) in [6, 6.07) is 4.30. The fourth-order valence-electron chi connectivity index (χ4n) is 2.19. The van der Waals surface area contributed by atoms with Crippen LogP contribution in [0.2, 0.25) is 5.02 Å². The molecule has 6 N–H and O–H groups in total. The van der Waals surface area contributed by atoms with Crippen LogP contribution in [-0.4, -0.2) is 37.7 Å². The molecule has 0 fully saturated rings. The van der Waals surface area contributed by atoms with Gasteiger partial charge >= 0.3 is 0 Å². The second-order valence-electron chi connectivity index (χ2n) is 5.73. The molecule has 1 rings (SSSR count). The van der Waals surface area contributed by atoms with Crippen molar-refractivity contribution in [2.24, 2.45) is 27.2 Å². The minimum absolute atomic E-state index is 0.102. The molecule has 0 aliphatic heterocycles. The average molecular weight is 403 g/mol. The Morgan fingerprint density at radius 3 is 2.19 bits per heavy atom. The summed E-state index contributed by atoms with van der Waals surface area (Å²) in [6.45, 7) is 4.98. The molecule has 0 aliphatic rings. The van der Waals surface area contributed by atoms with Gasteiger partial charge in [0.1, 0.15) is 0 Å². The van der Waals surface area contributed by atoms with Crippen LogP contribution in [0.3, 0.4) is 0 Å². The average Bonchev–Trinajstić information content (AvgIpc) is 2.55. The summed E-state index contributed by atoms with van der Waals surface area (Å²) in [4.78, 5) is 7.69. The van der Waals surface area contributed by atoms with E-state index in [1.807, 2.05) is 13.8 Å². The predicted octanol–water partition coefficient (Wildman–Crippen LogP) is 2.15. The highest BCUT2D eigenvalue weighted by Gasteiger charge is 2.24. The molecule has 10 heteroatoms. The maximum absolute atomic E-state index is 13.0. The number of nitrogens with two attached hydrogens (primary N) is 3. The molecule has 0 unspecified atom stereocenters. The zero-order valence-corrected chi connectivity index (χ0v) is 16.7. The summed E-state index contributed by atoms with van der Waals surface area (Å²) in [5.74, 6) is -0.466. The molecule has 0 bridgehead atoms. The molecule has 146 valence electrons. The Labute approximate surface area is 160 Å². The summed E-state index contributed by atoms with van der Waals surface area (Å²) in [5.41, 5.74) is 16.3. The van der Waals surface area contributed by atoms with Gasteiger partial charge in [0.05, 0.1) is 15.6 Å². The van der Waals surface area contributed by atoms with Crippen LogP contribution >= 0.6 is 11.6 Å². The van der Waals surface area contributed by atoms with Gasteiger partial charge in [-0.2, -0.15) is 9.30 Å². The van der Waals surface area contributed by atoms with Crippen LogP contribution in [0, 0.1) is 0 Å². The number of sulfonamides is 1. The van der Waals surface area contributed by atoms with Crippen LogP contribution in [0.25, 0.3) is 0 Å². The fraction of sp³-hybridized carbons (Fsp3) is 0.500. The molecule has 1 aromatic rings. The van der Waals surface area contributed by atoms with Crippen molar-refractivity contribution in [2.75, 3.05) is 13.1 Å². The Morgan fingerprint density at radius 1 is 1.12 bits per heavy atom. The second-order valence-corrected chi connectivity index (χ2v) is 8.08. The Morgan fingerprint density at radius 2 is 1.69 bits per heavy atom. The maximum atomic E-state index is 13.0. The van der Waals surface area contributed by atoms with E-state index in [2.05, 4.69) is 9.98 Å². The molecule has 0 saturated heterocycles. The van der Waals surface area contributed by atoms with Gasteiger partial charge in [0.2, 0.25) is 16.0 Å². The minimum Gasteiger partial charge on any atom is -0.370 e. The minimum atomic E-state index is -3.66. The highest BCUT2D eigenvalue weighted by atomic mass is 35.5. The van der Waals surface area contributed by atoms with Crippen molar-refractivity contribution in [1.29, 1.82) is 0 Å². The van der Waals surface area contributed by atoms with Crippen molar-refractivity contribution in [3.63, 3.8) is 0 Å². The van der Waals surface area contributed by atoms with Gasteiger partial charge in [0.25, 0.3) is 0 Å². The Hall–Kier alpha value is -1.84. The first-order chi connectivity index (χ1) is 12.2. The number of hydrogen-bond donors (Lipinski definition) is 3. The lowest BCUT2D eigenvalue weighted by Crippen LogP contribution is -2.33. The Bertz CT molecular complexity index is 752. The second kappa shape index (κ2) is 10.3. The van der Waals surface area contributed by atoms with E-state index in [-0.39, 0.29) is 27.5 Å². The Balaban J connectivity index is 3.26. The lowest BCUT2D eigenvalue weighted by atomic mass is 10.3. The van der Waals surface area contributed by atoms with E-state index in [1.54, 1.807) is 0 Å². The number of aliphatic imine (C=N–C) groups is 2. The van der Waals surface area contributed by atoms with Crippen molar-refractivity contribution in [3.8, 4) is 0 Å². The topological polar surface area (TPSA) is 140 Å². The number of nitrogens with zero attached hydrogens (tertiary/aromatic N) is 3. The third-order valence-corrected chi connectivity index (χ3v) is 5.77. The largest absolute Gasteiger partial charge is 0.370 e. The van der Waals surface area contributed by atoms with Crippen LogP contribution < -0.4 is 17.2 Å². The third-order valence-electron chi connectivity index (χ3n) is 3.56. The number of guanidine groups is 2. The van der Waals surface area contributed by atoms with E-state index in [0.717, 1.165) is 25.7 Å². The summed E-state index contributed by atoms with van der Waals surface area (Å²) in [6.07, 6.45) is 3.39. The molecule has 0 aromatic heterocycles. The van der Waals surface area contributed by atoms with E-state index in [0.29, 0.717) is 13.1 Å². The van der Waals surface area contributed by atoms with Gasteiger partial charge in [0, 0.05) is 13.1 Å². The SMILES string of the molecule is CCCCN(CCCC)S(=O)(=O)c1ccc(Cl)c(N=C(N)N=C(N)N)c1. The highest BCUT2D eigenvalue weighted by molar-refractivity contribution is 7.89. The summed E-state index contributed by atoms with van der Waals surface area (Å²) in [5, 5.41) is 0.242. The normalized spacial score (nSPS) is 12.4. The summed E-state index contributed by atoms with van der Waals surface area (Å²) in [7, 11) is -3.66. The number of hydrogen-bond acceptors (Lipinski definition) is 3. The molecule has 0 heterocycles. The van der Waals surface area contributed by atoms with Gasteiger partial charge in [0.15, 0.2) is 5.96 Å². The van der Waals surface area contributed by atoms with Gasteiger partial charge in [-0.3, -0.25) is 0 Å². The zero-order valence-electron chi connectivity index (χ0n) is 15.2. The van der Waals surface area contributed by atoms with Crippen molar-refractivity contribution < 1.29 is 8.42 Å². The molecule has 8 nitrogen and oxygen atoms in total. The lowest BCUT2D eigenvalue weighted by molar-refractivity contribution is 0.395. The first-order valence-corrected chi connectivity index (χ1v) is 10.3. The molecule has 0 amide bonds. The van der Waals surface area contributed by atoms with Gasteiger partial charge in [-0.05, 0) is 31.0 Å². The third kappa shape index (κ3) is 6.47. The molecular weight excluding hydrogens is 376 g/mol. The molecule has 0 aliphatic carbocycles. The molecule has 0 atom stereocenters. The first-order valence-electron chi connectivity index (χ1n) is 8.45. The van der Waals surface area contributed by atoms with Crippen LogP contribution in [-0.2, 0) is 10.0 Å². The monoisotopic (exact) mass is 402 g/mol. The van der Waals surface area contributed by atoms with Crippen molar-refractivity contribution >= 4 is 39.2 Å². The van der Waals surface area contributed by atoms with Crippen molar-refractivity contribution in [3.05, 3.63) is 23.2 Å². The summed E-state index contributed by atoms with van der Waals surface area (Å²) >= 11 is 6.09. The van der Waals surface area contributed by atoms with Crippen LogP contribution in [0.1, 0.15) is 39.5 Å². The van der Waals surface area contributed by atoms with Crippen LogP contribution in [0.4, 0.5) is 5.69 Å². The quantitative estimate of drug-likeness (QED) is 0.428. The van der Waals surface area contributed by atoms with Crippen LogP contribution in [0.5, 0.6) is 0 Å². The Kier molecular flexibility index (Phi) is 8.83. The van der Waals surface area contributed by atoms with E-state index >= 15 is 0 Å². The van der Waals surface area contributed by atoms with Crippen LogP contribution in [0.15, 0.2) is 33.1 Å². The molecule has 0 spiro atoms. The van der Waals surface area contributed by atoms with E-state index in [1.165, 1.54) is 22.5 Å². The smallest absolute Gasteiger partial charge is 0.243 e. The van der Waals surface area contributed by atoms with Gasteiger partial charge in [-0.25, -0.2) is 13.4 Å². The molecule has 0 radical (unpaired) electrons. The molecular formula is C16H27ClN6O2S. The standard InChI is InChI=1S/C16H27ClN6O2S/c1-3-5-9-23(10-6-4-2)26(24,25)12-7-8-13(17)14(11-12)21-16(20)22-15(18)19/h7-8,11H,3-6,9-10H2,1-2H3,(H6,18,19,20,21,22). The highest BCUT2D eigenvalue weighted by Crippen LogP contribution is 2.29. The van der Waals surface area contributed by atoms with E-state index in [9.17, 15) is 8.42 Å². The van der Waals surface area contributed by atoms with Crippen molar-refractivity contribution in [2.45, 2.75) is 44.4 Å². The van der Waals surface area contributed by atoms with Gasteiger partial charge in [-0.15, -0.1) is 0 Å². The zero-order chi connectivity index (χ0) is 19.7. The van der Waals surface area contributed by atoms with E-state index in [4.69, 9.17) is 28.8 Å². The predicted molar refractivity (Wildman–Crippen MR) is 107 cm³/mol. The number of halogens is 1. The first kappa shape index (κ1) is 22.2. The van der Waals surface area contributed by atoms with Crippen molar-refractivity contribution in [1.82, 2.24) is 4.31 Å². The van der Waals surface area contributed by atoms with Gasteiger partial charge < -0.3 is 17.2 Å². The summed E-state index contributed by atoms with van der Waals surface area (Å²) < 4.78 is 27.5. The maximum Gasteiger partial charge on any atom is 0.243 e.